The van der Waals surface area contributed by atoms with Gasteiger partial charge in [-0.25, -0.2) is 9.37 Å². The van der Waals surface area contributed by atoms with E-state index in [-0.39, 0.29) is 11.7 Å². The van der Waals surface area contributed by atoms with Crippen LogP contribution in [0.2, 0.25) is 0 Å². The Hall–Kier alpha value is -3.21. The molecule has 0 atom stereocenters. The van der Waals surface area contributed by atoms with Crippen molar-refractivity contribution in [3.05, 3.63) is 94.9 Å². The fourth-order valence-corrected chi connectivity index (χ4v) is 2.47. The van der Waals surface area contributed by atoms with Crippen molar-refractivity contribution in [1.82, 2.24) is 5.32 Å². The number of aromatic nitrogens is 1. The van der Waals surface area contributed by atoms with Gasteiger partial charge in [0.1, 0.15) is 18.6 Å². The monoisotopic (exact) mass is 350 g/mol. The lowest BCUT2D eigenvalue weighted by atomic mass is 10.1. The number of nitrogens with one attached hydrogen (secondary N) is 3. The molecule has 2 aromatic carbocycles. The molecule has 3 rings (SSSR count). The Kier molecular flexibility index (Phi) is 5.59. The maximum absolute atomic E-state index is 12.9. The molecule has 1 aromatic heterocycles. The second-order valence-electron chi connectivity index (χ2n) is 6.14. The molecule has 0 unspecified atom stereocenters. The van der Waals surface area contributed by atoms with Crippen molar-refractivity contribution < 1.29 is 14.2 Å². The van der Waals surface area contributed by atoms with Crippen LogP contribution in [0.5, 0.6) is 0 Å². The number of amides is 1. The molecule has 132 valence electrons. The molecule has 0 aliphatic heterocycles. The van der Waals surface area contributed by atoms with Crippen LogP contribution in [0.15, 0.2) is 66.9 Å². The number of benzene rings is 2. The number of halogens is 1. The number of anilines is 1. The lowest BCUT2D eigenvalue weighted by molar-refractivity contribution is -0.361. The van der Waals surface area contributed by atoms with E-state index in [1.165, 1.54) is 17.7 Å². The first-order valence-corrected chi connectivity index (χ1v) is 8.44. The molecule has 0 bridgehead atoms. The van der Waals surface area contributed by atoms with Crippen molar-refractivity contribution in [3.63, 3.8) is 0 Å². The first-order chi connectivity index (χ1) is 12.6. The molecule has 0 aliphatic rings. The third-order valence-corrected chi connectivity index (χ3v) is 4.04. The normalized spacial score (nSPS) is 10.4. The zero-order valence-corrected chi connectivity index (χ0v) is 14.6. The third-order valence-electron chi connectivity index (χ3n) is 4.04. The van der Waals surface area contributed by atoms with Crippen molar-refractivity contribution in [1.29, 1.82) is 0 Å². The van der Waals surface area contributed by atoms with Crippen LogP contribution in [0.3, 0.4) is 0 Å². The van der Waals surface area contributed by atoms with E-state index < -0.39 is 0 Å². The molecule has 1 amide bonds. The average molecular weight is 350 g/mol. The van der Waals surface area contributed by atoms with E-state index in [9.17, 15) is 9.18 Å². The molecule has 1 heterocycles. The number of rotatable bonds is 6. The van der Waals surface area contributed by atoms with Crippen LogP contribution >= 0.6 is 0 Å². The van der Waals surface area contributed by atoms with Crippen LogP contribution in [0.4, 0.5) is 10.2 Å². The minimum atomic E-state index is -0.249. The molecule has 5 heteroatoms. The van der Waals surface area contributed by atoms with Crippen molar-refractivity contribution in [3.8, 4) is 0 Å². The van der Waals surface area contributed by atoms with Gasteiger partial charge in [0.05, 0.1) is 5.56 Å². The van der Waals surface area contributed by atoms with Crippen LogP contribution in [-0.4, -0.2) is 5.91 Å². The topological polar surface area (TPSA) is 55.3 Å². The first kappa shape index (κ1) is 17.6. The summed E-state index contributed by atoms with van der Waals surface area (Å²) in [6, 6.07) is 18.0. The van der Waals surface area contributed by atoms with Crippen LogP contribution in [0, 0.1) is 12.7 Å². The molecule has 26 heavy (non-hydrogen) atoms. The van der Waals surface area contributed by atoms with Gasteiger partial charge >= 0.3 is 0 Å². The number of H-pyrrole nitrogens is 1. The lowest BCUT2D eigenvalue weighted by Gasteiger charge is -2.05. The zero-order valence-electron chi connectivity index (χ0n) is 14.6. The van der Waals surface area contributed by atoms with Gasteiger partial charge in [0.25, 0.3) is 11.7 Å². The number of hydrogen-bond donors (Lipinski definition) is 2. The highest BCUT2D eigenvalue weighted by atomic mass is 19.1. The summed E-state index contributed by atoms with van der Waals surface area (Å²) < 4.78 is 12.9. The van der Waals surface area contributed by atoms with Crippen LogP contribution in [0.25, 0.3) is 0 Å². The molecule has 0 saturated carbocycles. The van der Waals surface area contributed by atoms with Gasteiger partial charge in [-0.1, -0.05) is 42.0 Å². The number of aromatic amines is 1. The van der Waals surface area contributed by atoms with Gasteiger partial charge in [0.15, 0.2) is 0 Å². The van der Waals surface area contributed by atoms with E-state index in [1.54, 1.807) is 24.4 Å². The Labute approximate surface area is 152 Å². The van der Waals surface area contributed by atoms with Crippen molar-refractivity contribution in [2.24, 2.45) is 0 Å². The Bertz CT molecular complexity index is 859. The molecule has 0 spiro atoms. The van der Waals surface area contributed by atoms with E-state index in [2.05, 4.69) is 15.6 Å². The molecular formula is C21H21FN3O+. The van der Waals surface area contributed by atoms with Crippen molar-refractivity contribution in [2.45, 2.75) is 20.0 Å². The highest BCUT2D eigenvalue weighted by Crippen LogP contribution is 2.07. The number of hydrogen-bond acceptors (Lipinski definition) is 2. The zero-order chi connectivity index (χ0) is 18.4. The smallest absolute Gasteiger partial charge is 0.272 e. The number of pyridine rings is 1. The molecule has 0 aliphatic carbocycles. The number of carbonyl (C=O) groups excluding carboxylic acids is 1. The molecule has 3 N–H and O–H groups in total. The Morgan fingerprint density at radius 1 is 0.923 bits per heavy atom. The standard InChI is InChI=1S/C21H20FN3O/c1-15-2-4-16(5-3-15)13-25-21(26)18-8-11-20(24-14-18)23-12-17-6-9-19(22)10-7-17/h2-11,14H,12-13H2,1H3,(H,23,24)(H,25,26)/p+1. The predicted octanol–water partition coefficient (Wildman–Crippen LogP) is 3.49. The van der Waals surface area contributed by atoms with Gasteiger partial charge in [0, 0.05) is 12.6 Å². The first-order valence-electron chi connectivity index (χ1n) is 8.44. The highest BCUT2D eigenvalue weighted by molar-refractivity contribution is 5.93. The number of carbonyl (C=O) groups is 1. The van der Waals surface area contributed by atoms with Crippen LogP contribution in [0.1, 0.15) is 27.0 Å². The van der Waals surface area contributed by atoms with Crippen molar-refractivity contribution >= 4 is 11.7 Å². The van der Waals surface area contributed by atoms with Gasteiger partial charge in [-0.15, -0.1) is 0 Å². The summed E-state index contributed by atoms with van der Waals surface area (Å²) in [6.45, 7) is 3.09. The second kappa shape index (κ2) is 8.25. The quantitative estimate of drug-likeness (QED) is 0.715. The summed E-state index contributed by atoms with van der Waals surface area (Å²) in [7, 11) is 0. The summed E-state index contributed by atoms with van der Waals surface area (Å²) in [5.41, 5.74) is 3.79. The van der Waals surface area contributed by atoms with Crippen LogP contribution < -0.4 is 15.6 Å². The molecular weight excluding hydrogens is 329 g/mol. The van der Waals surface area contributed by atoms with Gasteiger partial charge in [-0.05, 0) is 36.2 Å². The van der Waals surface area contributed by atoms with Gasteiger partial charge in [-0.2, -0.15) is 0 Å². The maximum Gasteiger partial charge on any atom is 0.272 e. The van der Waals surface area contributed by atoms with Gasteiger partial charge < -0.3 is 5.32 Å². The Balaban J connectivity index is 1.52. The van der Waals surface area contributed by atoms with Crippen molar-refractivity contribution in [2.75, 3.05) is 5.32 Å². The predicted molar refractivity (Wildman–Crippen MR) is 99.1 cm³/mol. The largest absolute Gasteiger partial charge is 0.348 e. The summed E-state index contributed by atoms with van der Waals surface area (Å²) in [5.74, 6) is 0.401. The van der Waals surface area contributed by atoms with Gasteiger partial charge in [-0.3, -0.25) is 10.1 Å². The minimum absolute atomic E-state index is 0.132. The lowest BCUT2D eigenvalue weighted by Crippen LogP contribution is -2.24. The van der Waals surface area contributed by atoms with E-state index in [0.717, 1.165) is 16.9 Å². The van der Waals surface area contributed by atoms with E-state index in [4.69, 9.17) is 0 Å². The van der Waals surface area contributed by atoms with E-state index >= 15 is 0 Å². The molecule has 0 saturated heterocycles. The Morgan fingerprint density at radius 3 is 2.23 bits per heavy atom. The van der Waals surface area contributed by atoms with E-state index in [0.29, 0.717) is 18.7 Å². The SMILES string of the molecule is Cc1ccc(CNC(=O)c2ccc(NCc3ccc(F)cc3)[nH+]c2)cc1. The van der Waals surface area contributed by atoms with Gasteiger partial charge in [0.2, 0.25) is 0 Å². The maximum atomic E-state index is 12.9. The summed E-state index contributed by atoms with van der Waals surface area (Å²) in [4.78, 5) is 15.3. The fraction of sp³-hybridized carbons (Fsp3) is 0.143. The highest BCUT2D eigenvalue weighted by Gasteiger charge is 2.09. The summed E-state index contributed by atoms with van der Waals surface area (Å²) in [5, 5.41) is 6.10. The Morgan fingerprint density at radius 2 is 1.58 bits per heavy atom. The van der Waals surface area contributed by atoms with E-state index in [1.807, 2.05) is 37.3 Å². The molecule has 3 aromatic rings. The summed E-state index contributed by atoms with van der Waals surface area (Å²) >= 11 is 0. The fourth-order valence-electron chi connectivity index (χ4n) is 2.47. The molecule has 0 radical (unpaired) electrons. The summed E-state index contributed by atoms with van der Waals surface area (Å²) in [6.07, 6.45) is 1.66. The minimum Gasteiger partial charge on any atom is -0.348 e. The number of aryl methyl sites for hydroxylation is 1. The van der Waals surface area contributed by atoms with Crippen LogP contribution in [-0.2, 0) is 13.1 Å². The molecule has 0 fully saturated rings. The molecule has 4 nitrogen and oxygen atoms in total. The third kappa shape index (κ3) is 4.89. The second-order valence-corrected chi connectivity index (χ2v) is 6.14. The average Bonchev–Trinajstić information content (AvgIpc) is 2.67.